The Balaban J connectivity index is 0.000000450. The minimum absolute atomic E-state index is 0.00670. The zero-order valence-corrected chi connectivity index (χ0v) is 15.5. The second-order valence-electron chi connectivity index (χ2n) is 4.99. The summed E-state index contributed by atoms with van der Waals surface area (Å²) in [5.41, 5.74) is 0.700. The highest BCUT2D eigenvalue weighted by Crippen LogP contribution is 2.03. The molecule has 25 heavy (non-hydrogen) atoms. The summed E-state index contributed by atoms with van der Waals surface area (Å²) >= 11 is 10.2. The van der Waals surface area contributed by atoms with E-state index in [1.807, 2.05) is 0 Å². The van der Waals surface area contributed by atoms with Gasteiger partial charge in [-0.1, -0.05) is 12.2 Å². The maximum atomic E-state index is 12.8. The lowest BCUT2D eigenvalue weighted by molar-refractivity contribution is -0.134. The van der Waals surface area contributed by atoms with Crippen molar-refractivity contribution in [1.82, 2.24) is 15.5 Å². The van der Waals surface area contributed by atoms with E-state index in [2.05, 4.69) is 10.6 Å². The molecule has 9 heteroatoms. The van der Waals surface area contributed by atoms with Gasteiger partial charge in [-0.2, -0.15) is 0 Å². The van der Waals surface area contributed by atoms with E-state index >= 15 is 0 Å². The Morgan fingerprint density at radius 3 is 2.36 bits per heavy atom. The van der Waals surface area contributed by atoms with Gasteiger partial charge in [-0.3, -0.25) is 9.59 Å². The van der Waals surface area contributed by atoms with Crippen molar-refractivity contribution in [3.63, 3.8) is 0 Å². The first-order valence-corrected chi connectivity index (χ1v) is 8.58. The number of ether oxygens (including phenoxy) is 1. The van der Waals surface area contributed by atoms with Gasteiger partial charge in [-0.25, -0.2) is 4.39 Å². The Kier molecular flexibility index (Phi) is 9.98. The Hall–Kier alpha value is -1.77. The molecule has 0 spiro atoms. The average molecular weight is 390 g/mol. The highest BCUT2D eigenvalue weighted by atomic mass is 35.5. The molecule has 0 saturated carbocycles. The number of carbonyl (C=O) groups excluding carboxylic acids is 2. The molecular formula is C16H21ClFN3O3S. The molecule has 0 radical (unpaired) electrons. The van der Waals surface area contributed by atoms with Crippen molar-refractivity contribution < 1.29 is 18.7 Å². The van der Waals surface area contributed by atoms with Crippen molar-refractivity contribution in [3.05, 3.63) is 35.6 Å². The fourth-order valence-electron chi connectivity index (χ4n) is 1.85. The molecule has 0 aromatic heterocycles. The fraction of sp³-hybridized carbons (Fsp3) is 0.438. The Bertz CT molecular complexity index is 574. The Labute approximate surface area is 156 Å². The molecule has 138 valence electrons. The van der Waals surface area contributed by atoms with Gasteiger partial charge >= 0.3 is 0 Å². The Morgan fingerprint density at radius 2 is 1.88 bits per heavy atom. The number of carbonyl (C=O) groups is 2. The van der Waals surface area contributed by atoms with Crippen molar-refractivity contribution in [2.24, 2.45) is 0 Å². The number of morpholine rings is 1. The smallest absolute Gasteiger partial charge is 0.242 e. The number of amides is 2. The van der Waals surface area contributed by atoms with Gasteiger partial charge in [0.15, 0.2) is 0 Å². The first kappa shape index (κ1) is 21.3. The van der Waals surface area contributed by atoms with Crippen LogP contribution in [0.4, 0.5) is 4.39 Å². The number of hydrogen-bond donors (Lipinski definition) is 2. The number of nitrogens with zero attached hydrogens (tertiary/aromatic N) is 1. The normalized spacial score (nSPS) is 13.3. The zero-order chi connectivity index (χ0) is 18.7. The van der Waals surface area contributed by atoms with E-state index < -0.39 is 0 Å². The maximum absolute atomic E-state index is 12.8. The summed E-state index contributed by atoms with van der Waals surface area (Å²) in [6.45, 7) is 2.53. The molecule has 0 bridgehead atoms. The highest BCUT2D eigenvalue weighted by molar-refractivity contribution is 7.80. The predicted molar refractivity (Wildman–Crippen MR) is 98.3 cm³/mol. The molecule has 2 N–H and O–H groups in total. The van der Waals surface area contributed by atoms with Crippen molar-refractivity contribution >= 4 is 40.6 Å². The monoisotopic (exact) mass is 389 g/mol. The number of halogens is 2. The Morgan fingerprint density at radius 1 is 1.28 bits per heavy atom. The second-order valence-corrected chi connectivity index (χ2v) is 5.67. The number of rotatable bonds is 4. The van der Waals surface area contributed by atoms with Crippen LogP contribution in [0.15, 0.2) is 24.3 Å². The van der Waals surface area contributed by atoms with Crippen LogP contribution in [0, 0.1) is 5.82 Å². The van der Waals surface area contributed by atoms with Gasteiger partial charge in [0, 0.05) is 25.7 Å². The lowest BCUT2D eigenvalue weighted by Crippen LogP contribution is -2.45. The molecule has 1 fully saturated rings. The largest absolute Gasteiger partial charge is 0.378 e. The number of alkyl halides is 1. The number of hydrogen-bond acceptors (Lipinski definition) is 4. The van der Waals surface area contributed by atoms with E-state index in [0.717, 1.165) is 0 Å². The van der Waals surface area contributed by atoms with Gasteiger partial charge < -0.3 is 20.3 Å². The van der Waals surface area contributed by atoms with Gasteiger partial charge in [-0.05, 0) is 24.3 Å². The average Bonchev–Trinajstić information content (AvgIpc) is 2.66. The van der Waals surface area contributed by atoms with Crippen LogP contribution in [0.1, 0.15) is 5.56 Å². The standard InChI is InChI=1S/C13H15FN2O2S.C3H6ClNO/c14-11-3-1-10(2-4-11)13(19)15-9-12(17)16-5-7-18-8-6-16;1-5-3(6)2-4/h1-4H,5-9H2,(H,15,19);2H2,1H3,(H,5,6). The molecule has 1 heterocycles. The van der Waals surface area contributed by atoms with Gasteiger partial charge in [0.25, 0.3) is 0 Å². The zero-order valence-electron chi connectivity index (χ0n) is 13.9. The quantitative estimate of drug-likeness (QED) is 0.592. The summed E-state index contributed by atoms with van der Waals surface area (Å²) < 4.78 is 18.0. The summed E-state index contributed by atoms with van der Waals surface area (Å²) in [4.78, 5) is 24.0. The minimum Gasteiger partial charge on any atom is -0.378 e. The van der Waals surface area contributed by atoms with Crippen LogP contribution in [0.3, 0.4) is 0 Å². The molecular weight excluding hydrogens is 369 g/mol. The van der Waals surface area contributed by atoms with Gasteiger partial charge in [0.2, 0.25) is 11.8 Å². The number of thiocarbonyl (C=S) groups is 1. The summed E-state index contributed by atoms with van der Waals surface area (Å²) in [5, 5.41) is 5.24. The van der Waals surface area contributed by atoms with E-state index in [4.69, 9.17) is 28.6 Å². The van der Waals surface area contributed by atoms with Crippen LogP contribution in [0.5, 0.6) is 0 Å². The molecule has 2 amide bonds. The molecule has 2 rings (SSSR count). The summed E-state index contributed by atoms with van der Waals surface area (Å²) in [6, 6.07) is 5.86. The van der Waals surface area contributed by atoms with Crippen LogP contribution in [0.25, 0.3) is 0 Å². The molecule has 1 aliphatic heterocycles. The summed E-state index contributed by atoms with van der Waals surface area (Å²) in [6.07, 6.45) is 0. The lowest BCUT2D eigenvalue weighted by atomic mass is 10.2. The van der Waals surface area contributed by atoms with Crippen LogP contribution < -0.4 is 10.6 Å². The van der Waals surface area contributed by atoms with E-state index in [9.17, 15) is 14.0 Å². The molecule has 6 nitrogen and oxygen atoms in total. The van der Waals surface area contributed by atoms with Crippen molar-refractivity contribution in [1.29, 1.82) is 0 Å². The fourth-order valence-corrected chi connectivity index (χ4v) is 2.19. The van der Waals surface area contributed by atoms with Gasteiger partial charge in [-0.15, -0.1) is 11.6 Å². The van der Waals surface area contributed by atoms with Crippen LogP contribution in [-0.2, 0) is 14.3 Å². The predicted octanol–water partition coefficient (Wildman–Crippen LogP) is 0.921. The van der Waals surface area contributed by atoms with Crippen molar-refractivity contribution in [2.45, 2.75) is 0 Å². The first-order chi connectivity index (χ1) is 12.0. The van der Waals surface area contributed by atoms with Gasteiger partial charge in [0.1, 0.15) is 16.7 Å². The van der Waals surface area contributed by atoms with E-state index in [0.29, 0.717) is 36.9 Å². The van der Waals surface area contributed by atoms with Crippen LogP contribution in [0.2, 0.25) is 0 Å². The maximum Gasteiger partial charge on any atom is 0.242 e. The molecule has 0 aliphatic carbocycles. The van der Waals surface area contributed by atoms with E-state index in [1.165, 1.54) is 12.1 Å². The molecule has 1 aliphatic rings. The third-order valence-electron chi connectivity index (χ3n) is 3.27. The topological polar surface area (TPSA) is 70.7 Å². The highest BCUT2D eigenvalue weighted by Gasteiger charge is 2.16. The van der Waals surface area contributed by atoms with Crippen molar-refractivity contribution in [3.8, 4) is 0 Å². The van der Waals surface area contributed by atoms with E-state index in [1.54, 1.807) is 24.1 Å². The first-order valence-electron chi connectivity index (χ1n) is 7.63. The summed E-state index contributed by atoms with van der Waals surface area (Å²) in [5.74, 6) is -0.406. The molecule has 0 atom stereocenters. The summed E-state index contributed by atoms with van der Waals surface area (Å²) in [7, 11) is 1.55. The van der Waals surface area contributed by atoms with Gasteiger partial charge in [0.05, 0.1) is 19.8 Å². The lowest BCUT2D eigenvalue weighted by Gasteiger charge is -2.27. The molecule has 0 unspecified atom stereocenters. The third kappa shape index (κ3) is 8.24. The SMILES string of the molecule is CNC(=O)CCl.O=C(CNC(=S)c1ccc(F)cc1)N1CCOCC1. The van der Waals surface area contributed by atoms with E-state index in [-0.39, 0.29) is 30.1 Å². The van der Waals surface area contributed by atoms with Crippen LogP contribution >= 0.6 is 23.8 Å². The van der Waals surface area contributed by atoms with Crippen molar-refractivity contribution in [2.75, 3.05) is 45.8 Å². The molecule has 1 aromatic rings. The molecule has 1 saturated heterocycles. The number of nitrogens with one attached hydrogen (secondary N) is 2. The number of benzene rings is 1. The van der Waals surface area contributed by atoms with Crippen LogP contribution in [-0.4, -0.2) is 67.5 Å². The molecule has 1 aromatic carbocycles. The second kappa shape index (κ2) is 11.7. The third-order valence-corrected chi connectivity index (χ3v) is 3.89. The minimum atomic E-state index is -0.309.